The summed E-state index contributed by atoms with van der Waals surface area (Å²) in [5, 5.41) is 0.0330. The van der Waals surface area contributed by atoms with Crippen LogP contribution in [0.15, 0.2) is 48.5 Å². The van der Waals surface area contributed by atoms with Gasteiger partial charge >= 0.3 is 5.97 Å². The van der Waals surface area contributed by atoms with Crippen LogP contribution in [0.5, 0.6) is 0 Å². The summed E-state index contributed by atoms with van der Waals surface area (Å²) in [5.74, 6) is -0.793. The fourth-order valence-corrected chi connectivity index (χ4v) is 2.81. The van der Waals surface area contributed by atoms with Crippen molar-refractivity contribution in [1.29, 1.82) is 0 Å². The summed E-state index contributed by atoms with van der Waals surface area (Å²) < 4.78 is 18.5. The molecule has 1 atom stereocenters. The number of carbonyl (C=O) groups is 1. The Labute approximate surface area is 147 Å². The molecule has 0 amide bonds. The van der Waals surface area contributed by atoms with Crippen molar-refractivity contribution in [3.8, 4) is 0 Å². The lowest BCUT2D eigenvalue weighted by Crippen LogP contribution is -2.41. The van der Waals surface area contributed by atoms with Gasteiger partial charge in [0.2, 0.25) is 0 Å². The van der Waals surface area contributed by atoms with Gasteiger partial charge in [-0.15, -0.1) is 0 Å². The highest BCUT2D eigenvalue weighted by Crippen LogP contribution is 2.27. The van der Waals surface area contributed by atoms with Crippen molar-refractivity contribution in [2.75, 3.05) is 12.0 Å². The van der Waals surface area contributed by atoms with Gasteiger partial charge in [-0.2, -0.15) is 0 Å². The highest BCUT2D eigenvalue weighted by Gasteiger charge is 2.27. The molecule has 128 valence electrons. The molecule has 0 aliphatic heterocycles. The van der Waals surface area contributed by atoms with E-state index in [1.54, 1.807) is 12.1 Å². The SMILES string of the molecule is CCCC(C(=O)OC)N(Cc1ccccc1)c1ccc(F)c(Cl)c1. The second-order valence-corrected chi connectivity index (χ2v) is 5.95. The normalized spacial score (nSPS) is 11.8. The van der Waals surface area contributed by atoms with Gasteiger partial charge in [0, 0.05) is 12.2 Å². The van der Waals surface area contributed by atoms with E-state index in [9.17, 15) is 9.18 Å². The number of esters is 1. The summed E-state index contributed by atoms with van der Waals surface area (Å²) in [5.41, 5.74) is 1.73. The molecule has 0 fully saturated rings. The number of halogens is 2. The van der Waals surface area contributed by atoms with E-state index in [1.165, 1.54) is 13.2 Å². The van der Waals surface area contributed by atoms with Gasteiger partial charge in [0.05, 0.1) is 12.1 Å². The molecule has 0 saturated carbocycles. The second-order valence-electron chi connectivity index (χ2n) is 5.54. The Morgan fingerprint density at radius 1 is 1.25 bits per heavy atom. The van der Waals surface area contributed by atoms with E-state index in [-0.39, 0.29) is 11.0 Å². The largest absolute Gasteiger partial charge is 0.467 e. The Morgan fingerprint density at radius 3 is 2.54 bits per heavy atom. The number of methoxy groups -OCH3 is 1. The van der Waals surface area contributed by atoms with E-state index < -0.39 is 11.9 Å². The molecule has 2 aromatic rings. The lowest BCUT2D eigenvalue weighted by atomic mass is 10.1. The molecule has 0 heterocycles. The van der Waals surface area contributed by atoms with Gasteiger partial charge < -0.3 is 9.64 Å². The van der Waals surface area contributed by atoms with Crippen LogP contribution in [0.4, 0.5) is 10.1 Å². The quantitative estimate of drug-likeness (QED) is 0.671. The molecule has 0 bridgehead atoms. The van der Waals surface area contributed by atoms with E-state index >= 15 is 0 Å². The first-order valence-corrected chi connectivity index (χ1v) is 8.28. The predicted molar refractivity (Wildman–Crippen MR) is 94.7 cm³/mol. The van der Waals surface area contributed by atoms with Gasteiger partial charge in [0.25, 0.3) is 0 Å². The molecule has 2 rings (SSSR count). The maximum Gasteiger partial charge on any atom is 0.328 e. The number of ether oxygens (including phenoxy) is 1. The Morgan fingerprint density at radius 2 is 1.96 bits per heavy atom. The molecule has 0 aliphatic carbocycles. The minimum Gasteiger partial charge on any atom is -0.467 e. The number of hydrogen-bond donors (Lipinski definition) is 0. The van der Waals surface area contributed by atoms with E-state index in [4.69, 9.17) is 16.3 Å². The zero-order valence-electron chi connectivity index (χ0n) is 13.8. The number of rotatable bonds is 7. The topological polar surface area (TPSA) is 29.5 Å². The van der Waals surface area contributed by atoms with Crippen LogP contribution in [-0.4, -0.2) is 19.1 Å². The molecule has 5 heteroatoms. The van der Waals surface area contributed by atoms with Crippen molar-refractivity contribution < 1.29 is 13.9 Å². The monoisotopic (exact) mass is 349 g/mol. The van der Waals surface area contributed by atoms with Crippen LogP contribution in [0.3, 0.4) is 0 Å². The summed E-state index contributed by atoms with van der Waals surface area (Å²) >= 11 is 5.94. The van der Waals surface area contributed by atoms with E-state index in [0.717, 1.165) is 12.0 Å². The Hall–Kier alpha value is -2.07. The molecule has 0 spiro atoms. The molecule has 24 heavy (non-hydrogen) atoms. The molecule has 1 unspecified atom stereocenters. The number of nitrogens with zero attached hydrogens (tertiary/aromatic N) is 1. The van der Waals surface area contributed by atoms with Crippen molar-refractivity contribution in [2.45, 2.75) is 32.4 Å². The Balaban J connectivity index is 2.42. The van der Waals surface area contributed by atoms with Crippen molar-refractivity contribution in [1.82, 2.24) is 0 Å². The van der Waals surface area contributed by atoms with Gasteiger partial charge in [-0.05, 0) is 30.2 Å². The van der Waals surface area contributed by atoms with Crippen LogP contribution < -0.4 is 4.90 Å². The minimum absolute atomic E-state index is 0.0330. The third kappa shape index (κ3) is 4.48. The van der Waals surface area contributed by atoms with Gasteiger partial charge in [-0.3, -0.25) is 0 Å². The van der Waals surface area contributed by atoms with Crippen molar-refractivity contribution in [2.24, 2.45) is 0 Å². The third-order valence-electron chi connectivity index (χ3n) is 3.84. The van der Waals surface area contributed by atoms with E-state index in [0.29, 0.717) is 18.7 Å². The Bertz CT molecular complexity index is 678. The van der Waals surface area contributed by atoms with Gasteiger partial charge in [0.15, 0.2) is 0 Å². The molecular formula is C19H21ClFNO2. The lowest BCUT2D eigenvalue weighted by Gasteiger charge is -2.32. The zero-order valence-corrected chi connectivity index (χ0v) is 14.6. The first-order chi connectivity index (χ1) is 11.6. The van der Waals surface area contributed by atoms with Gasteiger partial charge in [0.1, 0.15) is 11.9 Å². The first-order valence-electron chi connectivity index (χ1n) is 7.90. The maximum atomic E-state index is 13.5. The molecule has 0 radical (unpaired) electrons. The molecule has 2 aromatic carbocycles. The smallest absolute Gasteiger partial charge is 0.328 e. The fourth-order valence-electron chi connectivity index (χ4n) is 2.64. The van der Waals surface area contributed by atoms with Crippen LogP contribution >= 0.6 is 11.6 Å². The molecule has 0 N–H and O–H groups in total. The molecule has 0 aromatic heterocycles. The number of hydrogen-bond acceptors (Lipinski definition) is 3. The summed E-state index contributed by atoms with van der Waals surface area (Å²) in [4.78, 5) is 14.2. The lowest BCUT2D eigenvalue weighted by molar-refractivity contribution is -0.142. The number of carbonyl (C=O) groups excluding carboxylic acids is 1. The van der Waals surface area contributed by atoms with Crippen molar-refractivity contribution >= 4 is 23.3 Å². The molecule has 0 aliphatic rings. The number of anilines is 1. The van der Waals surface area contributed by atoms with Gasteiger partial charge in [-0.25, -0.2) is 9.18 Å². The highest BCUT2D eigenvalue weighted by atomic mass is 35.5. The average Bonchev–Trinajstić information content (AvgIpc) is 2.60. The first kappa shape index (κ1) is 18.3. The minimum atomic E-state index is -0.481. The fraction of sp³-hybridized carbons (Fsp3) is 0.316. The van der Waals surface area contributed by atoms with Crippen LogP contribution in [-0.2, 0) is 16.1 Å². The summed E-state index contributed by atoms with van der Waals surface area (Å²) in [7, 11) is 1.38. The van der Waals surface area contributed by atoms with Crippen LogP contribution in [0.2, 0.25) is 5.02 Å². The highest BCUT2D eigenvalue weighted by molar-refractivity contribution is 6.31. The van der Waals surface area contributed by atoms with Crippen LogP contribution in [0, 0.1) is 5.82 Å². The maximum absolute atomic E-state index is 13.5. The molecule has 3 nitrogen and oxygen atoms in total. The summed E-state index contributed by atoms with van der Waals surface area (Å²) in [6, 6.07) is 13.8. The van der Waals surface area contributed by atoms with E-state index in [2.05, 4.69) is 0 Å². The molecule has 0 saturated heterocycles. The third-order valence-corrected chi connectivity index (χ3v) is 4.13. The average molecular weight is 350 g/mol. The van der Waals surface area contributed by atoms with Crippen molar-refractivity contribution in [3.63, 3.8) is 0 Å². The van der Waals surface area contributed by atoms with Crippen LogP contribution in [0.1, 0.15) is 25.3 Å². The Kier molecular flexibility index (Phi) is 6.62. The standard InChI is InChI=1S/C19H21ClFNO2/c1-3-7-18(19(23)24-2)22(13-14-8-5-4-6-9-14)15-10-11-17(21)16(20)12-15/h4-6,8-12,18H,3,7,13H2,1-2H3. The van der Waals surface area contributed by atoms with Gasteiger partial charge in [-0.1, -0.05) is 55.3 Å². The zero-order chi connectivity index (χ0) is 17.5. The second kappa shape index (κ2) is 8.69. The van der Waals surface area contributed by atoms with Crippen molar-refractivity contribution in [3.05, 3.63) is 64.9 Å². The number of benzene rings is 2. The van der Waals surface area contributed by atoms with E-state index in [1.807, 2.05) is 42.2 Å². The summed E-state index contributed by atoms with van der Waals surface area (Å²) in [6.45, 7) is 2.51. The van der Waals surface area contributed by atoms with Crippen LogP contribution in [0.25, 0.3) is 0 Å². The summed E-state index contributed by atoms with van der Waals surface area (Å²) in [6.07, 6.45) is 1.45. The molecular weight excluding hydrogens is 329 g/mol. The predicted octanol–water partition coefficient (Wildman–Crippen LogP) is 4.83.